The molecule has 0 aromatic carbocycles. The number of methoxy groups -OCH3 is 1. The van der Waals surface area contributed by atoms with Gasteiger partial charge in [-0.1, -0.05) is 0 Å². The Kier molecular flexibility index (Phi) is 3.55. The number of furan rings is 1. The molecule has 7 heteroatoms. The first kappa shape index (κ1) is 13.1. The van der Waals surface area contributed by atoms with E-state index in [1.165, 1.54) is 13.4 Å². The predicted octanol–water partition coefficient (Wildman–Crippen LogP) is 0.403. The first-order chi connectivity index (χ1) is 9.04. The maximum atomic E-state index is 11.6. The quantitative estimate of drug-likeness (QED) is 0.748. The summed E-state index contributed by atoms with van der Waals surface area (Å²) in [6, 6.07) is 1.55. The fourth-order valence-corrected chi connectivity index (χ4v) is 1.82. The Morgan fingerprint density at radius 3 is 2.79 bits per heavy atom. The van der Waals surface area contributed by atoms with Gasteiger partial charge in [-0.15, -0.1) is 0 Å². The van der Waals surface area contributed by atoms with Crippen molar-refractivity contribution in [3.63, 3.8) is 0 Å². The van der Waals surface area contributed by atoms with Crippen LogP contribution in [0.15, 0.2) is 16.7 Å². The number of hydrogen-bond acceptors (Lipinski definition) is 5. The molecule has 1 aromatic heterocycles. The summed E-state index contributed by atoms with van der Waals surface area (Å²) in [5.74, 6) is -2.95. The summed E-state index contributed by atoms with van der Waals surface area (Å²) in [6.07, 6.45) is 1.68. The molecule has 0 bridgehead atoms. The second-order valence-electron chi connectivity index (χ2n) is 4.27. The monoisotopic (exact) mass is 267 g/mol. The fourth-order valence-electron chi connectivity index (χ4n) is 1.82. The molecule has 7 nitrogen and oxygen atoms in total. The molecule has 1 aliphatic carbocycles. The first-order valence-electron chi connectivity index (χ1n) is 5.69. The Morgan fingerprint density at radius 1 is 1.47 bits per heavy atom. The lowest BCUT2D eigenvalue weighted by molar-refractivity contribution is -0.140. The number of carbonyl (C=O) groups is 3. The lowest BCUT2D eigenvalue weighted by Gasteiger charge is -2.04. The van der Waals surface area contributed by atoms with E-state index in [4.69, 9.17) is 9.52 Å². The SMILES string of the molecule is COC(=O)c1occc1CNC(=O)[C@@H]1C[C@@H]1C(=O)O. The van der Waals surface area contributed by atoms with Crippen molar-refractivity contribution < 1.29 is 28.6 Å². The molecule has 2 N–H and O–H groups in total. The van der Waals surface area contributed by atoms with Gasteiger partial charge < -0.3 is 19.6 Å². The van der Waals surface area contributed by atoms with Crippen LogP contribution in [0, 0.1) is 11.8 Å². The third kappa shape index (κ3) is 2.75. The number of carboxylic acids is 1. The minimum Gasteiger partial charge on any atom is -0.481 e. The maximum Gasteiger partial charge on any atom is 0.374 e. The third-order valence-electron chi connectivity index (χ3n) is 3.02. The second kappa shape index (κ2) is 5.13. The molecule has 0 radical (unpaired) electrons. The second-order valence-corrected chi connectivity index (χ2v) is 4.27. The van der Waals surface area contributed by atoms with Crippen LogP contribution in [0.5, 0.6) is 0 Å². The van der Waals surface area contributed by atoms with Crippen LogP contribution in [-0.2, 0) is 20.9 Å². The van der Waals surface area contributed by atoms with Crippen molar-refractivity contribution >= 4 is 17.8 Å². The standard InChI is InChI=1S/C12H13NO6/c1-18-12(17)9-6(2-3-19-9)5-13-10(14)7-4-8(7)11(15)16/h2-3,7-8H,4-5H2,1H3,(H,13,14)(H,15,16)/t7-,8+/m1/s1. The summed E-state index contributed by atoms with van der Waals surface area (Å²) >= 11 is 0. The smallest absolute Gasteiger partial charge is 0.374 e. The molecule has 0 aliphatic heterocycles. The molecule has 1 aliphatic rings. The molecule has 102 valence electrons. The molecule has 19 heavy (non-hydrogen) atoms. The lowest BCUT2D eigenvalue weighted by Crippen LogP contribution is -2.26. The maximum absolute atomic E-state index is 11.6. The molecule has 0 saturated heterocycles. The van der Waals surface area contributed by atoms with E-state index in [1.54, 1.807) is 6.07 Å². The number of nitrogens with one attached hydrogen (secondary N) is 1. The highest BCUT2D eigenvalue weighted by atomic mass is 16.5. The summed E-state index contributed by atoms with van der Waals surface area (Å²) in [4.78, 5) is 33.6. The lowest BCUT2D eigenvalue weighted by atomic mass is 10.2. The molecule has 1 aromatic rings. The van der Waals surface area contributed by atoms with E-state index < -0.39 is 23.8 Å². The minimum absolute atomic E-state index is 0.0355. The van der Waals surface area contributed by atoms with Crippen molar-refractivity contribution in [3.8, 4) is 0 Å². The van der Waals surface area contributed by atoms with Crippen LogP contribution in [0.25, 0.3) is 0 Å². The van der Waals surface area contributed by atoms with E-state index in [2.05, 4.69) is 10.1 Å². The van der Waals surface area contributed by atoms with Gasteiger partial charge in [-0.05, 0) is 12.5 Å². The van der Waals surface area contributed by atoms with E-state index in [1.807, 2.05) is 0 Å². The average molecular weight is 267 g/mol. The Hall–Kier alpha value is -2.31. The minimum atomic E-state index is -0.960. The summed E-state index contributed by atoms with van der Waals surface area (Å²) in [5, 5.41) is 11.3. The average Bonchev–Trinajstić information content (AvgIpc) is 3.07. The van der Waals surface area contributed by atoms with Gasteiger partial charge in [0, 0.05) is 12.1 Å². The highest BCUT2D eigenvalue weighted by molar-refractivity contribution is 5.90. The molecule has 2 atom stereocenters. The van der Waals surface area contributed by atoms with Crippen molar-refractivity contribution in [1.82, 2.24) is 5.32 Å². The van der Waals surface area contributed by atoms with Crippen LogP contribution in [0.3, 0.4) is 0 Å². The Morgan fingerprint density at radius 2 is 2.21 bits per heavy atom. The van der Waals surface area contributed by atoms with Crippen LogP contribution in [0.1, 0.15) is 22.5 Å². The number of hydrogen-bond donors (Lipinski definition) is 2. The number of aliphatic carboxylic acids is 1. The molecule has 2 rings (SSSR count). The van der Waals surface area contributed by atoms with E-state index in [9.17, 15) is 14.4 Å². The number of esters is 1. The molecule has 1 saturated carbocycles. The number of carboxylic acid groups (broad SMARTS) is 1. The zero-order valence-electron chi connectivity index (χ0n) is 10.2. The van der Waals surface area contributed by atoms with Gasteiger partial charge in [-0.25, -0.2) is 4.79 Å². The fraction of sp³-hybridized carbons (Fsp3) is 0.417. The molecular weight excluding hydrogens is 254 g/mol. The van der Waals surface area contributed by atoms with Crippen LogP contribution in [0.2, 0.25) is 0 Å². The number of ether oxygens (including phenoxy) is 1. The molecule has 0 spiro atoms. The van der Waals surface area contributed by atoms with E-state index >= 15 is 0 Å². The molecule has 1 heterocycles. The van der Waals surface area contributed by atoms with Gasteiger partial charge in [0.1, 0.15) is 0 Å². The Balaban J connectivity index is 1.90. The zero-order chi connectivity index (χ0) is 14.0. The van der Waals surface area contributed by atoms with Crippen molar-refractivity contribution in [2.24, 2.45) is 11.8 Å². The van der Waals surface area contributed by atoms with E-state index in [-0.39, 0.29) is 18.2 Å². The van der Waals surface area contributed by atoms with Crippen LogP contribution >= 0.6 is 0 Å². The Labute approximate surface area is 108 Å². The van der Waals surface area contributed by atoms with Gasteiger partial charge in [0.15, 0.2) is 0 Å². The van der Waals surface area contributed by atoms with Gasteiger partial charge in [-0.2, -0.15) is 0 Å². The topological polar surface area (TPSA) is 106 Å². The van der Waals surface area contributed by atoms with Gasteiger partial charge in [-0.3, -0.25) is 9.59 Å². The van der Waals surface area contributed by atoms with E-state index in [0.717, 1.165) is 0 Å². The van der Waals surface area contributed by atoms with Gasteiger partial charge in [0.25, 0.3) is 0 Å². The van der Waals surface area contributed by atoms with E-state index in [0.29, 0.717) is 12.0 Å². The Bertz CT molecular complexity index is 520. The predicted molar refractivity (Wildman–Crippen MR) is 61.1 cm³/mol. The first-order valence-corrected chi connectivity index (χ1v) is 5.69. The number of rotatable bonds is 5. The van der Waals surface area contributed by atoms with Crippen molar-refractivity contribution in [1.29, 1.82) is 0 Å². The number of amides is 1. The summed E-state index contributed by atoms with van der Waals surface area (Å²) < 4.78 is 9.49. The van der Waals surface area contributed by atoms with Crippen LogP contribution in [0.4, 0.5) is 0 Å². The third-order valence-corrected chi connectivity index (χ3v) is 3.02. The summed E-state index contributed by atoms with van der Waals surface area (Å²) in [7, 11) is 1.23. The summed E-state index contributed by atoms with van der Waals surface area (Å²) in [6.45, 7) is 0.0998. The van der Waals surface area contributed by atoms with Crippen molar-refractivity contribution in [2.45, 2.75) is 13.0 Å². The molecule has 1 amide bonds. The zero-order valence-corrected chi connectivity index (χ0v) is 10.2. The molecular formula is C12H13NO6. The largest absolute Gasteiger partial charge is 0.481 e. The number of carbonyl (C=O) groups excluding carboxylic acids is 2. The van der Waals surface area contributed by atoms with Crippen molar-refractivity contribution in [2.75, 3.05) is 7.11 Å². The normalized spacial score (nSPS) is 20.7. The van der Waals surface area contributed by atoms with Gasteiger partial charge in [0.05, 0.1) is 25.2 Å². The van der Waals surface area contributed by atoms with Crippen molar-refractivity contribution in [3.05, 3.63) is 23.7 Å². The summed E-state index contributed by atoms with van der Waals surface area (Å²) in [5.41, 5.74) is 0.493. The van der Waals surface area contributed by atoms with Crippen LogP contribution < -0.4 is 5.32 Å². The van der Waals surface area contributed by atoms with Gasteiger partial charge in [0.2, 0.25) is 11.7 Å². The highest BCUT2D eigenvalue weighted by Gasteiger charge is 2.48. The molecule has 1 fully saturated rings. The van der Waals surface area contributed by atoms with Gasteiger partial charge >= 0.3 is 11.9 Å². The highest BCUT2D eigenvalue weighted by Crippen LogP contribution is 2.38. The van der Waals surface area contributed by atoms with Crippen LogP contribution in [-0.4, -0.2) is 30.1 Å². The molecule has 0 unspecified atom stereocenters.